The number of nitrogens with one attached hydrogen (secondary N) is 1. The van der Waals surface area contributed by atoms with Gasteiger partial charge >= 0.3 is 0 Å². The standard InChI is InChI=1S/C25H34ClN3O4S/c1-6-22(25(31)27-15-18(2)3)28(16-20-10-8-7-9-11-20)24(30)17-29(34(5,32)33)23-14-21(26)13-12-19(23)4/h7-14,18,22H,6,15-17H2,1-5H3,(H,27,31)/t22-/m0/s1. The molecule has 0 bridgehead atoms. The van der Waals surface area contributed by atoms with Gasteiger partial charge in [-0.05, 0) is 42.5 Å². The van der Waals surface area contributed by atoms with Crippen LogP contribution in [0, 0.1) is 12.8 Å². The summed E-state index contributed by atoms with van der Waals surface area (Å²) in [6, 6.07) is 13.5. The van der Waals surface area contributed by atoms with E-state index in [1.54, 1.807) is 19.1 Å². The van der Waals surface area contributed by atoms with E-state index in [4.69, 9.17) is 11.6 Å². The molecule has 2 amide bonds. The van der Waals surface area contributed by atoms with Crippen molar-refractivity contribution in [3.63, 3.8) is 0 Å². The molecule has 1 N–H and O–H groups in total. The Kier molecular flexibility index (Phi) is 9.94. The van der Waals surface area contributed by atoms with Gasteiger partial charge in [0.25, 0.3) is 0 Å². The normalized spacial score (nSPS) is 12.3. The molecule has 0 spiro atoms. The maximum absolute atomic E-state index is 13.6. The van der Waals surface area contributed by atoms with Gasteiger partial charge in [-0.15, -0.1) is 0 Å². The molecule has 0 aliphatic rings. The van der Waals surface area contributed by atoms with Gasteiger partial charge < -0.3 is 10.2 Å². The van der Waals surface area contributed by atoms with Crippen LogP contribution in [0.3, 0.4) is 0 Å². The third-order valence-electron chi connectivity index (χ3n) is 5.39. The van der Waals surface area contributed by atoms with Gasteiger partial charge in [0.2, 0.25) is 21.8 Å². The van der Waals surface area contributed by atoms with Crippen LogP contribution >= 0.6 is 11.6 Å². The van der Waals surface area contributed by atoms with Crippen molar-refractivity contribution in [2.24, 2.45) is 5.92 Å². The summed E-state index contributed by atoms with van der Waals surface area (Å²) in [5, 5.41) is 3.27. The fourth-order valence-electron chi connectivity index (χ4n) is 3.57. The summed E-state index contributed by atoms with van der Waals surface area (Å²) in [7, 11) is -3.81. The van der Waals surface area contributed by atoms with Crippen LogP contribution in [0.25, 0.3) is 0 Å². The zero-order chi connectivity index (χ0) is 25.5. The van der Waals surface area contributed by atoms with Gasteiger partial charge in [0.1, 0.15) is 12.6 Å². The molecule has 7 nitrogen and oxygen atoms in total. The number of carbonyl (C=O) groups is 2. The molecule has 2 aromatic rings. The first kappa shape index (κ1) is 27.7. The molecule has 2 aromatic carbocycles. The number of anilines is 1. The average Bonchev–Trinajstić information content (AvgIpc) is 2.77. The van der Waals surface area contributed by atoms with E-state index in [0.29, 0.717) is 29.2 Å². The first-order chi connectivity index (χ1) is 15.9. The SMILES string of the molecule is CC[C@@H](C(=O)NCC(C)C)N(Cc1ccccc1)C(=O)CN(c1cc(Cl)ccc1C)S(C)(=O)=O. The van der Waals surface area contributed by atoms with Gasteiger partial charge in [0, 0.05) is 18.1 Å². The van der Waals surface area contributed by atoms with Gasteiger partial charge in [-0.25, -0.2) is 8.42 Å². The fraction of sp³-hybridized carbons (Fsp3) is 0.440. The molecule has 1 atom stereocenters. The molecule has 9 heteroatoms. The zero-order valence-electron chi connectivity index (χ0n) is 20.4. The summed E-state index contributed by atoms with van der Waals surface area (Å²) in [6.45, 7) is 7.79. The smallest absolute Gasteiger partial charge is 0.244 e. The molecule has 0 fully saturated rings. The number of rotatable bonds is 11. The number of nitrogens with zero attached hydrogens (tertiary/aromatic N) is 2. The number of halogens is 1. The highest BCUT2D eigenvalue weighted by Gasteiger charge is 2.32. The van der Waals surface area contributed by atoms with Gasteiger partial charge in [0.15, 0.2) is 0 Å². The maximum Gasteiger partial charge on any atom is 0.244 e. The van der Waals surface area contributed by atoms with E-state index in [-0.39, 0.29) is 18.4 Å². The predicted molar refractivity (Wildman–Crippen MR) is 137 cm³/mol. The Hall–Kier alpha value is -2.58. The third-order valence-corrected chi connectivity index (χ3v) is 6.75. The molecular weight excluding hydrogens is 474 g/mol. The van der Waals surface area contributed by atoms with Crippen LogP contribution in [0.5, 0.6) is 0 Å². The summed E-state index contributed by atoms with van der Waals surface area (Å²) < 4.78 is 26.4. The lowest BCUT2D eigenvalue weighted by Gasteiger charge is -2.33. The third kappa shape index (κ3) is 7.74. The molecule has 0 aliphatic heterocycles. The molecule has 0 aliphatic carbocycles. The average molecular weight is 508 g/mol. The second-order valence-electron chi connectivity index (χ2n) is 8.77. The summed E-state index contributed by atoms with van der Waals surface area (Å²) in [5.41, 5.74) is 1.84. The second kappa shape index (κ2) is 12.2. The number of amides is 2. The Balaban J connectivity index is 2.43. The van der Waals surface area contributed by atoms with Crippen molar-refractivity contribution >= 4 is 39.1 Å². The number of sulfonamides is 1. The van der Waals surface area contributed by atoms with Crippen molar-refractivity contribution in [1.82, 2.24) is 10.2 Å². The van der Waals surface area contributed by atoms with Crippen LogP contribution in [-0.4, -0.2) is 50.5 Å². The largest absolute Gasteiger partial charge is 0.354 e. The van der Waals surface area contributed by atoms with Crippen molar-refractivity contribution in [2.45, 2.75) is 46.7 Å². The van der Waals surface area contributed by atoms with E-state index in [0.717, 1.165) is 16.1 Å². The molecular formula is C25H34ClN3O4S. The lowest BCUT2D eigenvalue weighted by molar-refractivity contribution is -0.140. The number of hydrogen-bond acceptors (Lipinski definition) is 4. The maximum atomic E-state index is 13.6. The van der Waals surface area contributed by atoms with Crippen molar-refractivity contribution in [1.29, 1.82) is 0 Å². The van der Waals surface area contributed by atoms with E-state index >= 15 is 0 Å². The molecule has 0 unspecified atom stereocenters. The quantitative estimate of drug-likeness (QED) is 0.498. The van der Waals surface area contributed by atoms with Crippen LogP contribution in [0.1, 0.15) is 38.3 Å². The van der Waals surface area contributed by atoms with Gasteiger partial charge in [-0.2, -0.15) is 0 Å². The minimum absolute atomic E-state index is 0.180. The van der Waals surface area contributed by atoms with E-state index in [9.17, 15) is 18.0 Å². The number of carbonyl (C=O) groups excluding carboxylic acids is 2. The van der Waals surface area contributed by atoms with Crippen LogP contribution in [0.4, 0.5) is 5.69 Å². The van der Waals surface area contributed by atoms with Crippen LogP contribution < -0.4 is 9.62 Å². The van der Waals surface area contributed by atoms with E-state index < -0.39 is 28.5 Å². The number of benzene rings is 2. The van der Waals surface area contributed by atoms with E-state index in [1.807, 2.05) is 51.1 Å². The van der Waals surface area contributed by atoms with Crippen molar-refractivity contribution in [2.75, 3.05) is 23.7 Å². The Morgan fingerprint density at radius 3 is 2.29 bits per heavy atom. The Labute approximate surface area is 208 Å². The van der Waals surface area contributed by atoms with Crippen molar-refractivity contribution < 1.29 is 18.0 Å². The molecule has 0 aromatic heterocycles. The summed E-state index contributed by atoms with van der Waals surface area (Å²) in [4.78, 5) is 28.1. The number of hydrogen-bond donors (Lipinski definition) is 1. The second-order valence-corrected chi connectivity index (χ2v) is 11.1. The molecule has 34 heavy (non-hydrogen) atoms. The van der Waals surface area contributed by atoms with Crippen molar-refractivity contribution in [3.8, 4) is 0 Å². The van der Waals surface area contributed by atoms with E-state index in [2.05, 4.69) is 5.32 Å². The lowest BCUT2D eigenvalue weighted by Crippen LogP contribution is -2.52. The summed E-state index contributed by atoms with van der Waals surface area (Å²) >= 11 is 6.12. The molecule has 0 saturated carbocycles. The zero-order valence-corrected chi connectivity index (χ0v) is 22.0. The summed E-state index contributed by atoms with van der Waals surface area (Å²) in [5.74, 6) is -0.475. The first-order valence-corrected chi connectivity index (χ1v) is 13.5. The van der Waals surface area contributed by atoms with Gasteiger partial charge in [-0.3, -0.25) is 13.9 Å². The Morgan fingerprint density at radius 2 is 1.74 bits per heavy atom. The Morgan fingerprint density at radius 1 is 1.09 bits per heavy atom. The minimum Gasteiger partial charge on any atom is -0.354 e. The molecule has 2 rings (SSSR count). The molecule has 0 radical (unpaired) electrons. The monoisotopic (exact) mass is 507 g/mol. The highest BCUT2D eigenvalue weighted by molar-refractivity contribution is 7.92. The van der Waals surface area contributed by atoms with Gasteiger partial charge in [-0.1, -0.05) is 68.8 Å². The highest BCUT2D eigenvalue weighted by Crippen LogP contribution is 2.27. The molecule has 0 heterocycles. The number of aryl methyl sites for hydroxylation is 1. The summed E-state index contributed by atoms with van der Waals surface area (Å²) in [6.07, 6.45) is 1.44. The first-order valence-electron chi connectivity index (χ1n) is 11.3. The minimum atomic E-state index is -3.81. The van der Waals surface area contributed by atoms with Gasteiger partial charge in [0.05, 0.1) is 11.9 Å². The van der Waals surface area contributed by atoms with Crippen LogP contribution in [0.15, 0.2) is 48.5 Å². The van der Waals surface area contributed by atoms with Crippen molar-refractivity contribution in [3.05, 3.63) is 64.7 Å². The predicted octanol–water partition coefficient (Wildman–Crippen LogP) is 3.99. The van der Waals surface area contributed by atoms with E-state index in [1.165, 1.54) is 11.0 Å². The highest BCUT2D eigenvalue weighted by atomic mass is 35.5. The topological polar surface area (TPSA) is 86.8 Å². The molecule has 0 saturated heterocycles. The fourth-order valence-corrected chi connectivity index (χ4v) is 4.63. The lowest BCUT2D eigenvalue weighted by atomic mass is 10.1. The Bertz CT molecular complexity index is 1090. The molecule has 186 valence electrons. The van der Waals surface area contributed by atoms with Crippen LogP contribution in [0.2, 0.25) is 5.02 Å². The van der Waals surface area contributed by atoms with Crippen LogP contribution in [-0.2, 0) is 26.2 Å².